The van der Waals surface area contributed by atoms with Gasteiger partial charge in [0.2, 0.25) is 0 Å². The lowest BCUT2D eigenvalue weighted by Gasteiger charge is -2.13. The number of ether oxygens (including phenoxy) is 1. The standard InChI is InChI=1S/C28H25FN4O3/c1-36-21-9-7-20(8-10-21)33-17-32-25-16-31-26(28(35)27(25)33)23-11-6-18(14-24(23)29)22-5-3-2-4-19(22)15-30-12-13-34/h2-11,14,16-17,30,34-35H,12-13,15H2,1H3. The van der Waals surface area contributed by atoms with Crippen LogP contribution < -0.4 is 10.1 Å². The Bertz CT molecular complexity index is 1520. The van der Waals surface area contributed by atoms with E-state index in [0.717, 1.165) is 16.8 Å². The summed E-state index contributed by atoms with van der Waals surface area (Å²) in [5, 5.41) is 23.4. The van der Waals surface area contributed by atoms with Crippen LogP contribution in [-0.2, 0) is 6.54 Å². The van der Waals surface area contributed by atoms with E-state index >= 15 is 4.39 Å². The summed E-state index contributed by atoms with van der Waals surface area (Å²) in [6.07, 6.45) is 3.12. The zero-order chi connectivity index (χ0) is 25.1. The van der Waals surface area contributed by atoms with Gasteiger partial charge in [0.05, 0.1) is 19.9 Å². The molecule has 3 N–H and O–H groups in total. The number of imidazole rings is 1. The van der Waals surface area contributed by atoms with Crippen LogP contribution in [0.25, 0.3) is 39.1 Å². The highest BCUT2D eigenvalue weighted by molar-refractivity contribution is 5.89. The number of methoxy groups -OCH3 is 1. The summed E-state index contributed by atoms with van der Waals surface area (Å²) in [6, 6.07) is 19.9. The minimum Gasteiger partial charge on any atom is -0.504 e. The van der Waals surface area contributed by atoms with Crippen molar-refractivity contribution >= 4 is 11.0 Å². The SMILES string of the molecule is COc1ccc(-n2cnc3cnc(-c4ccc(-c5ccccc5CNCCO)cc4F)c(O)c32)cc1. The Balaban J connectivity index is 1.54. The lowest BCUT2D eigenvalue weighted by atomic mass is 9.97. The number of nitrogens with zero attached hydrogens (tertiary/aromatic N) is 3. The van der Waals surface area contributed by atoms with Gasteiger partial charge in [-0.15, -0.1) is 0 Å². The van der Waals surface area contributed by atoms with E-state index in [1.54, 1.807) is 24.1 Å². The van der Waals surface area contributed by atoms with Crippen molar-refractivity contribution in [1.82, 2.24) is 19.9 Å². The molecule has 0 atom stereocenters. The van der Waals surface area contributed by atoms with Crippen LogP contribution in [0.3, 0.4) is 0 Å². The van der Waals surface area contributed by atoms with Crippen molar-refractivity contribution in [3.8, 4) is 39.6 Å². The van der Waals surface area contributed by atoms with Crippen molar-refractivity contribution in [2.24, 2.45) is 0 Å². The molecular weight excluding hydrogens is 459 g/mol. The maximum absolute atomic E-state index is 15.4. The number of hydrogen-bond donors (Lipinski definition) is 3. The molecule has 0 radical (unpaired) electrons. The molecule has 0 amide bonds. The van der Waals surface area contributed by atoms with E-state index in [4.69, 9.17) is 9.84 Å². The first-order valence-corrected chi connectivity index (χ1v) is 11.5. The predicted molar refractivity (Wildman–Crippen MR) is 137 cm³/mol. The van der Waals surface area contributed by atoms with Gasteiger partial charge in [0.25, 0.3) is 0 Å². The average Bonchev–Trinajstić information content (AvgIpc) is 3.35. The lowest BCUT2D eigenvalue weighted by Crippen LogP contribution is -2.17. The molecule has 0 aliphatic heterocycles. The zero-order valence-electron chi connectivity index (χ0n) is 19.6. The van der Waals surface area contributed by atoms with E-state index in [9.17, 15) is 5.11 Å². The van der Waals surface area contributed by atoms with Gasteiger partial charge in [-0.25, -0.2) is 14.4 Å². The molecule has 5 aromatic rings. The minimum absolute atomic E-state index is 0.0453. The number of nitrogens with one attached hydrogen (secondary N) is 1. The number of hydrogen-bond acceptors (Lipinski definition) is 6. The summed E-state index contributed by atoms with van der Waals surface area (Å²) in [5.74, 6) is 0.0621. The molecule has 7 nitrogen and oxygen atoms in total. The van der Waals surface area contributed by atoms with Crippen molar-refractivity contribution < 1.29 is 19.3 Å². The van der Waals surface area contributed by atoms with Crippen molar-refractivity contribution in [3.63, 3.8) is 0 Å². The summed E-state index contributed by atoms with van der Waals surface area (Å²) in [6.45, 7) is 1.07. The van der Waals surface area contributed by atoms with Crippen LogP contribution in [0.5, 0.6) is 11.5 Å². The Labute approximate surface area is 207 Å². The largest absolute Gasteiger partial charge is 0.504 e. The van der Waals surface area contributed by atoms with Crippen LogP contribution in [0.4, 0.5) is 4.39 Å². The third-order valence-corrected chi connectivity index (χ3v) is 6.07. The van der Waals surface area contributed by atoms with E-state index < -0.39 is 5.82 Å². The summed E-state index contributed by atoms with van der Waals surface area (Å²) >= 11 is 0. The fraction of sp³-hybridized carbons (Fsp3) is 0.143. The number of fused-ring (bicyclic) bond motifs is 1. The summed E-state index contributed by atoms with van der Waals surface area (Å²) < 4.78 is 22.4. The van der Waals surface area contributed by atoms with E-state index in [-0.39, 0.29) is 23.6 Å². The van der Waals surface area contributed by atoms with Gasteiger partial charge < -0.3 is 20.3 Å². The van der Waals surface area contributed by atoms with E-state index in [2.05, 4.69) is 15.3 Å². The molecule has 0 aliphatic rings. The molecule has 3 aromatic carbocycles. The fourth-order valence-electron chi connectivity index (χ4n) is 4.26. The van der Waals surface area contributed by atoms with Crippen molar-refractivity contribution in [1.29, 1.82) is 0 Å². The van der Waals surface area contributed by atoms with Crippen LogP contribution in [0.2, 0.25) is 0 Å². The fourth-order valence-corrected chi connectivity index (χ4v) is 4.26. The van der Waals surface area contributed by atoms with Gasteiger partial charge in [0, 0.05) is 24.3 Å². The van der Waals surface area contributed by atoms with Crippen molar-refractivity contribution in [2.45, 2.75) is 6.54 Å². The maximum Gasteiger partial charge on any atom is 0.168 e. The van der Waals surface area contributed by atoms with Crippen LogP contribution in [0.1, 0.15) is 5.56 Å². The Hall–Kier alpha value is -4.27. The normalized spacial score (nSPS) is 11.2. The van der Waals surface area contributed by atoms with Gasteiger partial charge in [0.15, 0.2) is 5.75 Å². The Morgan fingerprint density at radius 3 is 2.56 bits per heavy atom. The topological polar surface area (TPSA) is 92.4 Å². The molecule has 0 saturated carbocycles. The molecule has 36 heavy (non-hydrogen) atoms. The third kappa shape index (κ3) is 4.39. The molecule has 0 saturated heterocycles. The smallest absolute Gasteiger partial charge is 0.168 e. The van der Waals surface area contributed by atoms with Crippen LogP contribution in [0.15, 0.2) is 79.3 Å². The highest BCUT2D eigenvalue weighted by atomic mass is 19.1. The molecule has 8 heteroatoms. The van der Waals surface area contributed by atoms with Gasteiger partial charge in [-0.3, -0.25) is 4.57 Å². The van der Waals surface area contributed by atoms with Crippen LogP contribution in [-0.4, -0.2) is 45.0 Å². The number of benzene rings is 3. The molecule has 0 spiro atoms. The van der Waals surface area contributed by atoms with Gasteiger partial charge >= 0.3 is 0 Å². The highest BCUT2D eigenvalue weighted by Gasteiger charge is 2.19. The molecular formula is C28H25FN4O3. The number of aromatic nitrogens is 3. The molecule has 5 rings (SSSR count). The predicted octanol–water partition coefficient (Wildman–Crippen LogP) is 4.69. The van der Waals surface area contributed by atoms with Gasteiger partial charge in [-0.2, -0.15) is 0 Å². The number of pyridine rings is 1. The van der Waals surface area contributed by atoms with E-state index in [1.165, 1.54) is 12.3 Å². The quantitative estimate of drug-likeness (QED) is 0.277. The molecule has 2 heterocycles. The number of aromatic hydroxyl groups is 1. The second kappa shape index (κ2) is 10.2. The van der Waals surface area contributed by atoms with Crippen LogP contribution >= 0.6 is 0 Å². The zero-order valence-corrected chi connectivity index (χ0v) is 19.6. The minimum atomic E-state index is -0.497. The molecule has 2 aromatic heterocycles. The Morgan fingerprint density at radius 2 is 1.81 bits per heavy atom. The first-order valence-electron chi connectivity index (χ1n) is 11.5. The monoisotopic (exact) mass is 484 g/mol. The lowest BCUT2D eigenvalue weighted by molar-refractivity contribution is 0.292. The Kier molecular flexibility index (Phi) is 6.62. The number of aliphatic hydroxyl groups excluding tert-OH is 1. The maximum atomic E-state index is 15.4. The highest BCUT2D eigenvalue weighted by Crippen LogP contribution is 2.37. The molecule has 0 unspecified atom stereocenters. The molecule has 0 fully saturated rings. The third-order valence-electron chi connectivity index (χ3n) is 6.07. The number of rotatable bonds is 8. The summed E-state index contributed by atoms with van der Waals surface area (Å²) in [7, 11) is 1.60. The molecule has 0 bridgehead atoms. The summed E-state index contributed by atoms with van der Waals surface area (Å²) in [5.41, 5.74) is 4.62. The second-order valence-corrected chi connectivity index (χ2v) is 8.25. The van der Waals surface area contributed by atoms with E-state index in [0.29, 0.717) is 35.4 Å². The first kappa shape index (κ1) is 23.5. The molecule has 182 valence electrons. The number of halogens is 1. The van der Waals surface area contributed by atoms with Gasteiger partial charge in [0.1, 0.15) is 34.6 Å². The molecule has 0 aliphatic carbocycles. The Morgan fingerprint density at radius 1 is 1.00 bits per heavy atom. The first-order chi connectivity index (χ1) is 17.6. The van der Waals surface area contributed by atoms with Crippen molar-refractivity contribution in [2.75, 3.05) is 20.3 Å². The van der Waals surface area contributed by atoms with Crippen molar-refractivity contribution in [3.05, 3.63) is 90.6 Å². The number of aliphatic hydroxyl groups is 1. The van der Waals surface area contributed by atoms with E-state index in [1.807, 2.05) is 54.6 Å². The summed E-state index contributed by atoms with van der Waals surface area (Å²) in [4.78, 5) is 8.67. The average molecular weight is 485 g/mol. The van der Waals surface area contributed by atoms with Crippen LogP contribution in [0, 0.1) is 5.82 Å². The van der Waals surface area contributed by atoms with Gasteiger partial charge in [-0.1, -0.05) is 30.3 Å². The second-order valence-electron chi connectivity index (χ2n) is 8.25. The van der Waals surface area contributed by atoms with Gasteiger partial charge in [-0.05, 0) is 53.1 Å².